The number of hydrogen-bond donors (Lipinski definition) is 1. The molecule has 0 spiro atoms. The Bertz CT molecular complexity index is 1000. The van der Waals surface area contributed by atoms with E-state index in [1.165, 1.54) is 17.7 Å². The summed E-state index contributed by atoms with van der Waals surface area (Å²) in [7, 11) is 0. The van der Waals surface area contributed by atoms with Crippen molar-refractivity contribution in [3.63, 3.8) is 0 Å². The first-order chi connectivity index (χ1) is 13.0. The molecule has 2 heterocycles. The summed E-state index contributed by atoms with van der Waals surface area (Å²) in [5, 5.41) is 3.97. The lowest BCUT2D eigenvalue weighted by Crippen LogP contribution is -2.53. The lowest BCUT2D eigenvalue weighted by molar-refractivity contribution is -0.128. The number of aromatic nitrogens is 1. The Labute approximate surface area is 158 Å². The molecule has 0 radical (unpaired) electrons. The number of hydrogen-bond acceptors (Lipinski definition) is 3. The van der Waals surface area contributed by atoms with Crippen molar-refractivity contribution in [3.05, 3.63) is 65.5 Å². The molecule has 4 rings (SSSR count). The SMILES string of the molecule is Cc1ccc2nc(-c3ccc(F)cc3)c(CN3CCNC(=O)[C@@H]3C)cc2c1. The van der Waals surface area contributed by atoms with Gasteiger partial charge in [-0.1, -0.05) is 11.6 Å². The van der Waals surface area contributed by atoms with Crippen LogP contribution in [0.3, 0.4) is 0 Å². The van der Waals surface area contributed by atoms with Crippen molar-refractivity contribution in [1.82, 2.24) is 15.2 Å². The molecule has 0 aliphatic carbocycles. The van der Waals surface area contributed by atoms with E-state index in [4.69, 9.17) is 4.98 Å². The predicted octanol–water partition coefficient (Wildman–Crippen LogP) is 3.67. The number of amides is 1. The van der Waals surface area contributed by atoms with Gasteiger partial charge in [0, 0.05) is 30.6 Å². The van der Waals surface area contributed by atoms with Crippen LogP contribution >= 0.6 is 0 Å². The number of benzene rings is 2. The number of fused-ring (bicyclic) bond motifs is 1. The smallest absolute Gasteiger partial charge is 0.237 e. The minimum atomic E-state index is -0.266. The van der Waals surface area contributed by atoms with Crippen LogP contribution in [0.4, 0.5) is 4.39 Å². The molecule has 0 saturated carbocycles. The van der Waals surface area contributed by atoms with E-state index in [1.807, 2.05) is 19.1 Å². The first-order valence-corrected chi connectivity index (χ1v) is 9.19. The largest absolute Gasteiger partial charge is 0.353 e. The number of carbonyl (C=O) groups is 1. The Balaban J connectivity index is 1.81. The van der Waals surface area contributed by atoms with Crippen LogP contribution in [0.5, 0.6) is 0 Å². The van der Waals surface area contributed by atoms with Crippen LogP contribution in [-0.4, -0.2) is 34.9 Å². The zero-order chi connectivity index (χ0) is 19.0. The number of halogens is 1. The highest BCUT2D eigenvalue weighted by atomic mass is 19.1. The molecule has 4 nitrogen and oxygen atoms in total. The number of aryl methyl sites for hydroxylation is 1. The van der Waals surface area contributed by atoms with Crippen LogP contribution in [0.25, 0.3) is 22.2 Å². The van der Waals surface area contributed by atoms with E-state index in [0.717, 1.165) is 34.3 Å². The maximum atomic E-state index is 13.4. The third kappa shape index (κ3) is 3.55. The number of carbonyl (C=O) groups excluding carboxylic acids is 1. The van der Waals surface area contributed by atoms with Crippen LogP contribution < -0.4 is 5.32 Å². The van der Waals surface area contributed by atoms with E-state index in [-0.39, 0.29) is 17.8 Å². The molecule has 138 valence electrons. The molecule has 1 amide bonds. The van der Waals surface area contributed by atoms with E-state index in [0.29, 0.717) is 13.1 Å². The Morgan fingerprint density at radius 2 is 1.96 bits per heavy atom. The van der Waals surface area contributed by atoms with Crippen LogP contribution in [0, 0.1) is 12.7 Å². The van der Waals surface area contributed by atoms with Crippen molar-refractivity contribution in [1.29, 1.82) is 0 Å². The number of nitrogens with zero attached hydrogens (tertiary/aromatic N) is 2. The molecule has 3 aromatic rings. The van der Waals surface area contributed by atoms with Gasteiger partial charge in [0.05, 0.1) is 17.3 Å². The molecule has 2 aromatic carbocycles. The van der Waals surface area contributed by atoms with Gasteiger partial charge in [0.15, 0.2) is 0 Å². The van der Waals surface area contributed by atoms with E-state index in [2.05, 4.69) is 29.3 Å². The van der Waals surface area contributed by atoms with Gasteiger partial charge >= 0.3 is 0 Å². The highest BCUT2D eigenvalue weighted by molar-refractivity contribution is 5.84. The van der Waals surface area contributed by atoms with E-state index in [9.17, 15) is 9.18 Å². The highest BCUT2D eigenvalue weighted by Gasteiger charge is 2.26. The molecular formula is C22H22FN3O. The molecule has 1 fully saturated rings. The van der Waals surface area contributed by atoms with Gasteiger partial charge in [-0.25, -0.2) is 9.37 Å². The van der Waals surface area contributed by atoms with E-state index in [1.54, 1.807) is 12.1 Å². The Hall–Kier alpha value is -2.79. The van der Waals surface area contributed by atoms with Crippen molar-refractivity contribution < 1.29 is 9.18 Å². The second-order valence-corrected chi connectivity index (χ2v) is 7.14. The second-order valence-electron chi connectivity index (χ2n) is 7.14. The Morgan fingerprint density at radius 3 is 2.74 bits per heavy atom. The standard InChI is InChI=1S/C22H22FN3O/c1-14-3-8-20-17(11-14)12-18(13-26-10-9-24-22(27)15(26)2)21(25-20)16-4-6-19(23)7-5-16/h3-8,11-12,15H,9-10,13H2,1-2H3,(H,24,27)/t15-/m0/s1. The van der Waals surface area contributed by atoms with Crippen molar-refractivity contribution in [2.24, 2.45) is 0 Å². The third-order valence-electron chi connectivity index (χ3n) is 5.17. The van der Waals surface area contributed by atoms with Gasteiger partial charge in [0.2, 0.25) is 5.91 Å². The summed E-state index contributed by atoms with van der Waals surface area (Å²) < 4.78 is 13.4. The predicted molar refractivity (Wildman–Crippen MR) is 105 cm³/mol. The quantitative estimate of drug-likeness (QED) is 0.772. The van der Waals surface area contributed by atoms with Crippen LogP contribution in [-0.2, 0) is 11.3 Å². The minimum Gasteiger partial charge on any atom is -0.353 e. The Morgan fingerprint density at radius 1 is 1.19 bits per heavy atom. The maximum absolute atomic E-state index is 13.4. The minimum absolute atomic E-state index is 0.0502. The van der Waals surface area contributed by atoms with Crippen molar-refractivity contribution in [3.8, 4) is 11.3 Å². The summed E-state index contributed by atoms with van der Waals surface area (Å²) >= 11 is 0. The normalized spacial score (nSPS) is 17.9. The van der Waals surface area contributed by atoms with Gasteiger partial charge in [-0.05, 0) is 61.9 Å². The fraction of sp³-hybridized carbons (Fsp3) is 0.273. The first kappa shape index (κ1) is 17.6. The number of nitrogens with one attached hydrogen (secondary N) is 1. The molecule has 1 aliphatic heterocycles. The molecule has 5 heteroatoms. The molecular weight excluding hydrogens is 341 g/mol. The zero-order valence-electron chi connectivity index (χ0n) is 15.5. The second kappa shape index (κ2) is 7.08. The monoisotopic (exact) mass is 363 g/mol. The molecule has 1 aromatic heterocycles. The fourth-order valence-corrected chi connectivity index (χ4v) is 3.58. The molecule has 1 aliphatic rings. The summed E-state index contributed by atoms with van der Waals surface area (Å²) in [6.45, 7) is 6.05. The van der Waals surface area contributed by atoms with Crippen molar-refractivity contribution >= 4 is 16.8 Å². The van der Waals surface area contributed by atoms with Crippen LogP contribution in [0.1, 0.15) is 18.1 Å². The highest BCUT2D eigenvalue weighted by Crippen LogP contribution is 2.28. The van der Waals surface area contributed by atoms with E-state index < -0.39 is 0 Å². The maximum Gasteiger partial charge on any atom is 0.237 e. The molecule has 0 unspecified atom stereocenters. The summed E-state index contributed by atoms with van der Waals surface area (Å²) in [5.41, 5.74) is 4.84. The van der Waals surface area contributed by atoms with Crippen molar-refractivity contribution in [2.45, 2.75) is 26.4 Å². The topological polar surface area (TPSA) is 45.2 Å². The summed E-state index contributed by atoms with van der Waals surface area (Å²) in [4.78, 5) is 19.1. The number of rotatable bonds is 3. The fourth-order valence-electron chi connectivity index (χ4n) is 3.58. The third-order valence-corrected chi connectivity index (χ3v) is 5.17. The van der Waals surface area contributed by atoms with Crippen LogP contribution in [0.2, 0.25) is 0 Å². The van der Waals surface area contributed by atoms with Gasteiger partial charge in [-0.15, -0.1) is 0 Å². The van der Waals surface area contributed by atoms with E-state index >= 15 is 0 Å². The average molecular weight is 363 g/mol. The van der Waals surface area contributed by atoms with Crippen LogP contribution in [0.15, 0.2) is 48.5 Å². The van der Waals surface area contributed by atoms with Gasteiger partial charge in [-0.2, -0.15) is 0 Å². The molecule has 0 bridgehead atoms. The Kier molecular flexibility index (Phi) is 4.62. The van der Waals surface area contributed by atoms with Gasteiger partial charge in [0.1, 0.15) is 5.82 Å². The molecule has 1 atom stereocenters. The average Bonchev–Trinajstić information content (AvgIpc) is 2.65. The summed E-state index contributed by atoms with van der Waals surface area (Å²) in [6.07, 6.45) is 0. The lowest BCUT2D eigenvalue weighted by atomic mass is 10.0. The molecule has 1 N–H and O–H groups in total. The van der Waals surface area contributed by atoms with Gasteiger partial charge in [0.25, 0.3) is 0 Å². The van der Waals surface area contributed by atoms with Gasteiger partial charge in [-0.3, -0.25) is 9.69 Å². The first-order valence-electron chi connectivity index (χ1n) is 9.19. The summed E-state index contributed by atoms with van der Waals surface area (Å²) in [5.74, 6) is -0.216. The molecule has 1 saturated heterocycles. The number of piperazine rings is 1. The van der Waals surface area contributed by atoms with Gasteiger partial charge < -0.3 is 5.32 Å². The lowest BCUT2D eigenvalue weighted by Gasteiger charge is -2.33. The molecule has 27 heavy (non-hydrogen) atoms. The van der Waals surface area contributed by atoms with Crippen molar-refractivity contribution in [2.75, 3.05) is 13.1 Å². The number of pyridine rings is 1. The zero-order valence-corrected chi connectivity index (χ0v) is 15.5. The summed E-state index contributed by atoms with van der Waals surface area (Å²) in [6, 6.07) is 14.6.